The van der Waals surface area contributed by atoms with Crippen LogP contribution in [0, 0.1) is 0 Å². The number of pyridine rings is 1. The molecule has 1 N–H and O–H groups in total. The molecule has 2 aliphatic rings. The number of guanidine groups is 1. The molecule has 2 fully saturated rings. The first-order chi connectivity index (χ1) is 12.7. The van der Waals surface area contributed by atoms with E-state index in [9.17, 15) is 0 Å². The average molecular weight is 361 g/mol. The van der Waals surface area contributed by atoms with Gasteiger partial charge in [-0.05, 0) is 32.6 Å². The van der Waals surface area contributed by atoms with E-state index in [0.717, 1.165) is 51.6 Å². The Hall–Kier alpha value is -1.86. The number of hydrogen-bond donors (Lipinski definition) is 1. The Kier molecular flexibility index (Phi) is 7.08. The number of nitrogens with zero attached hydrogens (tertiary/aromatic N) is 5. The van der Waals surface area contributed by atoms with Crippen molar-refractivity contribution in [2.24, 2.45) is 4.99 Å². The third-order valence-electron chi connectivity index (χ3n) is 5.10. The van der Waals surface area contributed by atoms with Crippen LogP contribution in [0.1, 0.15) is 12.8 Å². The van der Waals surface area contributed by atoms with Crippen LogP contribution in [0.15, 0.2) is 29.4 Å². The van der Waals surface area contributed by atoms with Crippen LogP contribution in [-0.4, -0.2) is 98.2 Å². The van der Waals surface area contributed by atoms with Crippen molar-refractivity contribution in [2.45, 2.75) is 18.9 Å². The lowest BCUT2D eigenvalue weighted by Gasteiger charge is -2.24. The predicted octanol–water partition coefficient (Wildman–Crippen LogP) is 0.748. The lowest BCUT2D eigenvalue weighted by Crippen LogP contribution is -2.44. The van der Waals surface area contributed by atoms with Gasteiger partial charge in [-0.15, -0.1) is 0 Å². The fourth-order valence-electron chi connectivity index (χ4n) is 3.59. The molecule has 26 heavy (non-hydrogen) atoms. The molecule has 0 amide bonds. The van der Waals surface area contributed by atoms with Crippen molar-refractivity contribution < 1.29 is 4.74 Å². The SMILES string of the molecule is CN=C(NCCN1CCCN(C)CC1)N1CCC(Oc2ccccn2)C1. The van der Waals surface area contributed by atoms with Crippen molar-refractivity contribution in [3.63, 3.8) is 0 Å². The lowest BCUT2D eigenvalue weighted by molar-refractivity contribution is 0.205. The van der Waals surface area contributed by atoms with Crippen molar-refractivity contribution in [2.75, 3.05) is 66.5 Å². The Morgan fingerprint density at radius 2 is 2.19 bits per heavy atom. The largest absolute Gasteiger partial charge is 0.472 e. The van der Waals surface area contributed by atoms with E-state index in [4.69, 9.17) is 4.74 Å². The highest BCUT2D eigenvalue weighted by Crippen LogP contribution is 2.16. The molecule has 0 aromatic carbocycles. The Balaban J connectivity index is 1.40. The molecule has 0 radical (unpaired) electrons. The molecular weight excluding hydrogens is 328 g/mol. The van der Waals surface area contributed by atoms with E-state index in [2.05, 4.69) is 37.0 Å². The number of ether oxygens (including phenoxy) is 1. The van der Waals surface area contributed by atoms with Crippen molar-refractivity contribution in [1.29, 1.82) is 0 Å². The summed E-state index contributed by atoms with van der Waals surface area (Å²) >= 11 is 0. The normalized spacial score (nSPS) is 23.1. The highest BCUT2D eigenvalue weighted by atomic mass is 16.5. The molecule has 0 bridgehead atoms. The Morgan fingerprint density at radius 3 is 3.00 bits per heavy atom. The predicted molar refractivity (Wildman–Crippen MR) is 105 cm³/mol. The molecule has 3 rings (SSSR count). The topological polar surface area (TPSA) is 56.2 Å². The summed E-state index contributed by atoms with van der Waals surface area (Å²) in [6.07, 6.45) is 4.19. The van der Waals surface area contributed by atoms with Gasteiger partial charge in [0, 0.05) is 58.5 Å². The molecule has 144 valence electrons. The smallest absolute Gasteiger partial charge is 0.213 e. The van der Waals surface area contributed by atoms with Gasteiger partial charge in [0.05, 0.1) is 6.54 Å². The molecule has 1 atom stereocenters. The molecule has 7 heteroatoms. The molecule has 2 saturated heterocycles. The van der Waals surface area contributed by atoms with Crippen molar-refractivity contribution in [1.82, 2.24) is 25.0 Å². The summed E-state index contributed by atoms with van der Waals surface area (Å²) in [5.74, 6) is 1.68. The quantitative estimate of drug-likeness (QED) is 0.618. The molecule has 1 unspecified atom stereocenters. The zero-order valence-electron chi connectivity index (χ0n) is 16.1. The van der Waals surface area contributed by atoms with Crippen LogP contribution < -0.4 is 10.1 Å². The van der Waals surface area contributed by atoms with E-state index < -0.39 is 0 Å². The second kappa shape index (κ2) is 9.73. The molecule has 3 heterocycles. The summed E-state index contributed by atoms with van der Waals surface area (Å²) in [6, 6.07) is 5.77. The second-order valence-corrected chi connectivity index (χ2v) is 7.11. The number of likely N-dealkylation sites (tertiary alicyclic amines) is 1. The monoisotopic (exact) mass is 360 g/mol. The first-order valence-electron chi connectivity index (χ1n) is 9.69. The standard InChI is InChI=1S/C19H32N6O/c1-20-19(22-9-13-24-11-5-10-23(2)14-15-24)25-12-7-17(16-25)26-18-6-3-4-8-21-18/h3-4,6,8,17H,5,7,9-16H2,1-2H3,(H,20,22). The van der Waals surface area contributed by atoms with Gasteiger partial charge < -0.3 is 24.8 Å². The third kappa shape index (κ3) is 5.57. The van der Waals surface area contributed by atoms with Crippen molar-refractivity contribution in [3.8, 4) is 5.88 Å². The first kappa shape index (κ1) is 18.9. The zero-order valence-corrected chi connectivity index (χ0v) is 16.1. The lowest BCUT2D eigenvalue weighted by atomic mass is 10.3. The molecular formula is C19H32N6O. The van der Waals surface area contributed by atoms with Crippen LogP contribution in [0.4, 0.5) is 0 Å². The van der Waals surface area contributed by atoms with Crippen LogP contribution in [0.5, 0.6) is 5.88 Å². The summed E-state index contributed by atoms with van der Waals surface area (Å²) in [5.41, 5.74) is 0. The molecule has 2 aliphatic heterocycles. The minimum Gasteiger partial charge on any atom is -0.472 e. The number of hydrogen-bond acceptors (Lipinski definition) is 5. The summed E-state index contributed by atoms with van der Waals surface area (Å²) in [5, 5.41) is 3.52. The van der Waals surface area contributed by atoms with E-state index in [1.54, 1.807) is 6.20 Å². The molecule has 0 spiro atoms. The summed E-state index contributed by atoms with van der Waals surface area (Å²) in [7, 11) is 4.07. The van der Waals surface area contributed by atoms with E-state index >= 15 is 0 Å². The molecule has 0 saturated carbocycles. The van der Waals surface area contributed by atoms with Gasteiger partial charge in [-0.1, -0.05) is 6.07 Å². The average Bonchev–Trinajstić information content (AvgIpc) is 3.01. The first-order valence-corrected chi connectivity index (χ1v) is 9.69. The maximum Gasteiger partial charge on any atom is 0.213 e. The van der Waals surface area contributed by atoms with E-state index in [0.29, 0.717) is 5.88 Å². The maximum absolute atomic E-state index is 5.98. The fourth-order valence-corrected chi connectivity index (χ4v) is 3.59. The number of rotatable bonds is 5. The van der Waals surface area contributed by atoms with Crippen LogP contribution in [0.3, 0.4) is 0 Å². The highest BCUT2D eigenvalue weighted by Gasteiger charge is 2.26. The van der Waals surface area contributed by atoms with Gasteiger partial charge in [0.1, 0.15) is 6.10 Å². The van der Waals surface area contributed by atoms with Gasteiger partial charge in [-0.2, -0.15) is 0 Å². The number of aromatic nitrogens is 1. The van der Waals surface area contributed by atoms with Crippen LogP contribution >= 0.6 is 0 Å². The van der Waals surface area contributed by atoms with Gasteiger partial charge in [0.25, 0.3) is 0 Å². The van der Waals surface area contributed by atoms with Crippen LogP contribution in [-0.2, 0) is 0 Å². The van der Waals surface area contributed by atoms with Gasteiger partial charge in [-0.25, -0.2) is 4.98 Å². The minimum absolute atomic E-state index is 0.171. The number of aliphatic imine (C=N–C) groups is 1. The number of likely N-dealkylation sites (N-methyl/N-ethyl adjacent to an activating group) is 1. The van der Waals surface area contributed by atoms with Crippen molar-refractivity contribution >= 4 is 5.96 Å². The number of nitrogens with one attached hydrogen (secondary N) is 1. The van der Waals surface area contributed by atoms with E-state index in [1.807, 2.05) is 25.2 Å². The fraction of sp³-hybridized carbons (Fsp3) is 0.684. The third-order valence-corrected chi connectivity index (χ3v) is 5.10. The Morgan fingerprint density at radius 1 is 1.27 bits per heavy atom. The summed E-state index contributed by atoms with van der Waals surface area (Å²) < 4.78 is 5.98. The summed E-state index contributed by atoms with van der Waals surface area (Å²) in [6.45, 7) is 8.52. The van der Waals surface area contributed by atoms with Crippen molar-refractivity contribution in [3.05, 3.63) is 24.4 Å². The maximum atomic E-state index is 5.98. The summed E-state index contributed by atoms with van der Waals surface area (Å²) in [4.78, 5) is 15.9. The van der Waals surface area contributed by atoms with E-state index in [-0.39, 0.29) is 6.10 Å². The Bertz CT molecular complexity index is 566. The second-order valence-electron chi connectivity index (χ2n) is 7.11. The van der Waals surface area contributed by atoms with Gasteiger partial charge in [0.15, 0.2) is 5.96 Å². The minimum atomic E-state index is 0.171. The van der Waals surface area contributed by atoms with Gasteiger partial charge in [-0.3, -0.25) is 4.99 Å². The van der Waals surface area contributed by atoms with Gasteiger partial charge >= 0.3 is 0 Å². The van der Waals surface area contributed by atoms with Crippen LogP contribution in [0.25, 0.3) is 0 Å². The Labute approximate surface area is 157 Å². The zero-order chi connectivity index (χ0) is 18.2. The molecule has 1 aromatic rings. The van der Waals surface area contributed by atoms with Crippen LogP contribution in [0.2, 0.25) is 0 Å². The highest BCUT2D eigenvalue weighted by molar-refractivity contribution is 5.80. The molecule has 1 aromatic heterocycles. The van der Waals surface area contributed by atoms with E-state index in [1.165, 1.54) is 19.5 Å². The van der Waals surface area contributed by atoms with Gasteiger partial charge in [0.2, 0.25) is 5.88 Å². The molecule has 7 nitrogen and oxygen atoms in total. The molecule has 0 aliphatic carbocycles.